The smallest absolute Gasteiger partial charge is 0.335 e. The summed E-state index contributed by atoms with van der Waals surface area (Å²) < 4.78 is 19.6. The second-order valence-electron chi connectivity index (χ2n) is 6.16. The van der Waals surface area contributed by atoms with Gasteiger partial charge in [0.05, 0.1) is 16.7 Å². The summed E-state index contributed by atoms with van der Waals surface area (Å²) >= 11 is 6.08. The summed E-state index contributed by atoms with van der Waals surface area (Å²) in [4.78, 5) is 24.0. The Morgan fingerprint density at radius 3 is 2.50 bits per heavy atom. The number of hydrogen-bond donors (Lipinski definition) is 2. The number of nitrogens with one attached hydrogen (secondary N) is 1. The summed E-state index contributed by atoms with van der Waals surface area (Å²) in [5.41, 5.74) is -0.390. The van der Waals surface area contributed by atoms with Gasteiger partial charge in [0.2, 0.25) is 5.91 Å². The van der Waals surface area contributed by atoms with Crippen molar-refractivity contribution < 1.29 is 23.8 Å². The van der Waals surface area contributed by atoms with E-state index < -0.39 is 17.2 Å². The van der Waals surface area contributed by atoms with Gasteiger partial charge in [-0.15, -0.1) is 0 Å². The van der Waals surface area contributed by atoms with E-state index in [-0.39, 0.29) is 17.2 Å². The lowest BCUT2D eigenvalue weighted by Gasteiger charge is -2.36. The molecule has 1 amide bonds. The fourth-order valence-corrected chi connectivity index (χ4v) is 3.33. The van der Waals surface area contributed by atoms with E-state index in [0.717, 1.165) is 11.6 Å². The maximum absolute atomic E-state index is 14.2. The van der Waals surface area contributed by atoms with Crippen LogP contribution in [0.4, 0.5) is 10.1 Å². The third-order valence-corrected chi connectivity index (χ3v) is 4.86. The van der Waals surface area contributed by atoms with Gasteiger partial charge < -0.3 is 15.2 Å². The van der Waals surface area contributed by atoms with E-state index in [2.05, 4.69) is 5.32 Å². The van der Waals surface area contributed by atoms with Crippen molar-refractivity contribution in [1.82, 2.24) is 0 Å². The van der Waals surface area contributed by atoms with Crippen LogP contribution in [0.2, 0.25) is 5.02 Å². The molecule has 2 aromatic rings. The predicted octanol–water partition coefficient (Wildman–Crippen LogP) is 3.86. The van der Waals surface area contributed by atoms with E-state index in [4.69, 9.17) is 21.4 Å². The van der Waals surface area contributed by atoms with Crippen molar-refractivity contribution in [1.29, 1.82) is 0 Å². The highest BCUT2D eigenvalue weighted by atomic mass is 35.5. The molecule has 26 heavy (non-hydrogen) atoms. The quantitative estimate of drug-likeness (QED) is 0.848. The number of ether oxygens (including phenoxy) is 1. The van der Waals surface area contributed by atoms with Gasteiger partial charge in [-0.05, 0) is 48.7 Å². The van der Waals surface area contributed by atoms with Crippen LogP contribution in [0.15, 0.2) is 42.5 Å². The van der Waals surface area contributed by atoms with Crippen LogP contribution in [0.5, 0.6) is 0 Å². The molecular weight excluding hydrogens is 361 g/mol. The van der Waals surface area contributed by atoms with Crippen molar-refractivity contribution in [3.8, 4) is 0 Å². The van der Waals surface area contributed by atoms with E-state index in [0.29, 0.717) is 31.1 Å². The van der Waals surface area contributed by atoms with Gasteiger partial charge in [0.15, 0.2) is 0 Å². The second-order valence-corrected chi connectivity index (χ2v) is 6.60. The molecule has 0 radical (unpaired) electrons. The highest BCUT2D eigenvalue weighted by Crippen LogP contribution is 2.37. The molecule has 0 atom stereocenters. The topological polar surface area (TPSA) is 75.6 Å². The Balaban J connectivity index is 1.93. The molecule has 0 saturated carbocycles. The summed E-state index contributed by atoms with van der Waals surface area (Å²) in [5, 5.41) is 12.0. The maximum Gasteiger partial charge on any atom is 0.335 e. The molecule has 5 nitrogen and oxygen atoms in total. The average molecular weight is 378 g/mol. The Kier molecular flexibility index (Phi) is 5.25. The first kappa shape index (κ1) is 18.4. The maximum atomic E-state index is 14.2. The molecule has 0 spiro atoms. The van der Waals surface area contributed by atoms with E-state index in [1.807, 2.05) is 6.07 Å². The predicted molar refractivity (Wildman–Crippen MR) is 95.2 cm³/mol. The minimum absolute atomic E-state index is 0.0621. The number of hydrogen-bond acceptors (Lipinski definition) is 3. The molecule has 0 aromatic heterocycles. The lowest BCUT2D eigenvalue weighted by atomic mass is 9.73. The molecule has 2 N–H and O–H groups in total. The molecule has 1 fully saturated rings. The number of amides is 1. The molecule has 7 heteroatoms. The molecule has 1 aliphatic rings. The fourth-order valence-electron chi connectivity index (χ4n) is 3.14. The average Bonchev–Trinajstić information content (AvgIpc) is 2.63. The number of carbonyl (C=O) groups is 2. The lowest BCUT2D eigenvalue weighted by Crippen LogP contribution is -2.45. The molecule has 2 aromatic carbocycles. The Labute approximate surface area is 154 Å². The Morgan fingerprint density at radius 1 is 1.15 bits per heavy atom. The summed E-state index contributed by atoms with van der Waals surface area (Å²) in [5.74, 6) is -2.40. The molecule has 1 aliphatic heterocycles. The number of halogens is 2. The zero-order valence-electron chi connectivity index (χ0n) is 13.8. The number of carboxylic acids is 1. The zero-order chi connectivity index (χ0) is 18.7. The van der Waals surface area contributed by atoms with Crippen molar-refractivity contribution in [2.45, 2.75) is 18.3 Å². The molecule has 3 rings (SSSR count). The number of rotatable bonds is 4. The molecule has 1 saturated heterocycles. The summed E-state index contributed by atoms with van der Waals surface area (Å²) in [6, 6.07) is 10.4. The number of benzene rings is 2. The van der Waals surface area contributed by atoms with E-state index in [9.17, 15) is 14.0 Å². The highest BCUT2D eigenvalue weighted by Gasteiger charge is 2.42. The first-order valence-electron chi connectivity index (χ1n) is 8.10. The minimum Gasteiger partial charge on any atom is -0.478 e. The van der Waals surface area contributed by atoms with Gasteiger partial charge in [-0.1, -0.05) is 23.7 Å². The summed E-state index contributed by atoms with van der Waals surface area (Å²) in [7, 11) is 0. The van der Waals surface area contributed by atoms with Crippen LogP contribution in [0, 0.1) is 5.82 Å². The zero-order valence-corrected chi connectivity index (χ0v) is 14.6. The molecule has 0 unspecified atom stereocenters. The Bertz CT molecular complexity index is 849. The number of carboxylic acid groups (broad SMARTS) is 1. The SMILES string of the molecule is O=C(O)c1ccc(NC(=O)C2(c3cccc(Cl)c3)CCOCC2)c(F)c1. The van der Waals surface area contributed by atoms with Crippen molar-refractivity contribution in [3.63, 3.8) is 0 Å². The Hall–Kier alpha value is -2.44. The largest absolute Gasteiger partial charge is 0.478 e. The van der Waals surface area contributed by atoms with Crippen LogP contribution in [0.25, 0.3) is 0 Å². The van der Waals surface area contributed by atoms with Gasteiger partial charge >= 0.3 is 5.97 Å². The van der Waals surface area contributed by atoms with Gasteiger partial charge in [-0.2, -0.15) is 0 Å². The first-order chi connectivity index (χ1) is 12.4. The van der Waals surface area contributed by atoms with Crippen molar-refractivity contribution >= 4 is 29.2 Å². The van der Waals surface area contributed by atoms with Crippen LogP contribution < -0.4 is 5.32 Å². The van der Waals surface area contributed by atoms with Gasteiger partial charge in [-0.25, -0.2) is 9.18 Å². The molecular formula is C19H17ClFNO4. The summed E-state index contributed by atoms with van der Waals surface area (Å²) in [6.45, 7) is 0.806. The minimum atomic E-state index is -1.23. The van der Waals surface area contributed by atoms with Crippen LogP contribution in [0.3, 0.4) is 0 Å². The standard InChI is InChI=1S/C19H17ClFNO4/c20-14-3-1-2-13(11-14)19(6-8-26-9-7-19)18(25)22-16-5-4-12(17(23)24)10-15(16)21/h1-5,10-11H,6-9H2,(H,22,25)(H,23,24). The van der Waals surface area contributed by atoms with Crippen LogP contribution >= 0.6 is 11.6 Å². The third kappa shape index (κ3) is 3.57. The van der Waals surface area contributed by atoms with Gasteiger partial charge in [0, 0.05) is 18.2 Å². The van der Waals surface area contributed by atoms with Gasteiger partial charge in [0.25, 0.3) is 0 Å². The van der Waals surface area contributed by atoms with Crippen molar-refractivity contribution in [2.75, 3.05) is 18.5 Å². The molecule has 0 aliphatic carbocycles. The van der Waals surface area contributed by atoms with E-state index >= 15 is 0 Å². The first-order valence-corrected chi connectivity index (χ1v) is 8.48. The van der Waals surface area contributed by atoms with E-state index in [1.165, 1.54) is 12.1 Å². The van der Waals surface area contributed by atoms with Crippen LogP contribution in [0.1, 0.15) is 28.8 Å². The molecule has 0 bridgehead atoms. The van der Waals surface area contributed by atoms with Crippen LogP contribution in [-0.2, 0) is 14.9 Å². The number of carbonyl (C=O) groups excluding carboxylic acids is 1. The Morgan fingerprint density at radius 2 is 1.88 bits per heavy atom. The van der Waals surface area contributed by atoms with Gasteiger partial charge in [0.1, 0.15) is 5.82 Å². The van der Waals surface area contributed by atoms with Crippen molar-refractivity contribution in [3.05, 3.63) is 64.4 Å². The third-order valence-electron chi connectivity index (χ3n) is 4.62. The molecule has 1 heterocycles. The van der Waals surface area contributed by atoms with Crippen LogP contribution in [-0.4, -0.2) is 30.2 Å². The van der Waals surface area contributed by atoms with E-state index in [1.54, 1.807) is 18.2 Å². The monoisotopic (exact) mass is 377 g/mol. The number of anilines is 1. The lowest BCUT2D eigenvalue weighted by molar-refractivity contribution is -0.125. The highest BCUT2D eigenvalue weighted by molar-refractivity contribution is 6.30. The summed E-state index contributed by atoms with van der Waals surface area (Å²) in [6.07, 6.45) is 0.877. The normalized spacial score (nSPS) is 16.1. The molecule has 136 valence electrons. The fraction of sp³-hybridized carbons (Fsp3) is 0.263. The second kappa shape index (κ2) is 7.43. The number of aromatic carboxylic acids is 1. The van der Waals surface area contributed by atoms with Gasteiger partial charge in [-0.3, -0.25) is 4.79 Å². The van der Waals surface area contributed by atoms with Crippen molar-refractivity contribution in [2.24, 2.45) is 0 Å².